The molecular weight excluding hydrogens is 444 g/mol. The number of benzene rings is 1. The van der Waals surface area contributed by atoms with Crippen molar-refractivity contribution in [3.63, 3.8) is 0 Å². The van der Waals surface area contributed by atoms with Crippen LogP contribution < -0.4 is 25.4 Å². The van der Waals surface area contributed by atoms with Gasteiger partial charge in [-0.05, 0) is 43.5 Å². The van der Waals surface area contributed by atoms with Crippen LogP contribution in [0.15, 0.2) is 40.8 Å². The van der Waals surface area contributed by atoms with Crippen molar-refractivity contribution in [3.05, 3.63) is 47.7 Å². The van der Waals surface area contributed by atoms with Gasteiger partial charge in [0.1, 0.15) is 17.3 Å². The molecule has 0 saturated carbocycles. The second kappa shape index (κ2) is 9.65. The molecule has 11 heteroatoms. The molecule has 1 aromatic heterocycles. The number of amides is 1. The van der Waals surface area contributed by atoms with Gasteiger partial charge in [-0.1, -0.05) is 19.1 Å². The summed E-state index contributed by atoms with van der Waals surface area (Å²) in [5.74, 6) is 1.23. The van der Waals surface area contributed by atoms with Gasteiger partial charge in [-0.15, -0.1) is 4.40 Å². The number of amidine groups is 1. The van der Waals surface area contributed by atoms with Crippen LogP contribution in [0.1, 0.15) is 42.2 Å². The molecule has 0 radical (unpaired) electrons. The standard InChI is InChI=1S/C22H28N6O4S/c1-2-11-24-22(29)17-8-4-10-19(25-17)28-12-5-6-15(13-28)14-32-18-9-3-7-16-20(18)21(23)27-33(30,31)26-16/h3-4,7-10,15,26H,2,5-6,11-14H2,1H3,(H2,23,27)(H,24,29)/t15-/m0/s1. The summed E-state index contributed by atoms with van der Waals surface area (Å²) in [6.07, 6.45) is 2.82. The second-order valence-electron chi connectivity index (χ2n) is 8.13. The summed E-state index contributed by atoms with van der Waals surface area (Å²) in [6, 6.07) is 10.6. The van der Waals surface area contributed by atoms with Crippen molar-refractivity contribution >= 4 is 33.5 Å². The average molecular weight is 473 g/mol. The van der Waals surface area contributed by atoms with E-state index >= 15 is 0 Å². The molecule has 0 aliphatic carbocycles. The number of rotatable bonds is 7. The molecule has 10 nitrogen and oxygen atoms in total. The lowest BCUT2D eigenvalue weighted by molar-refractivity contribution is 0.0948. The maximum Gasteiger partial charge on any atom is 0.344 e. The number of nitrogens with two attached hydrogens (primary N) is 1. The Morgan fingerprint density at radius 2 is 2.12 bits per heavy atom. The third-order valence-corrected chi connectivity index (χ3v) is 6.47. The van der Waals surface area contributed by atoms with E-state index in [-0.39, 0.29) is 17.7 Å². The molecule has 1 atom stereocenters. The van der Waals surface area contributed by atoms with Gasteiger partial charge in [0.25, 0.3) is 5.91 Å². The first kappa shape index (κ1) is 22.8. The van der Waals surface area contributed by atoms with Gasteiger partial charge < -0.3 is 20.7 Å². The van der Waals surface area contributed by atoms with Gasteiger partial charge in [0, 0.05) is 25.6 Å². The van der Waals surface area contributed by atoms with E-state index < -0.39 is 10.2 Å². The number of anilines is 2. The Morgan fingerprint density at radius 3 is 2.94 bits per heavy atom. The summed E-state index contributed by atoms with van der Waals surface area (Å²) in [6.45, 7) is 4.65. The third kappa shape index (κ3) is 5.36. The third-order valence-electron chi connectivity index (χ3n) is 5.56. The molecule has 0 bridgehead atoms. The van der Waals surface area contributed by atoms with Crippen LogP contribution in [0.2, 0.25) is 0 Å². The number of nitrogens with one attached hydrogen (secondary N) is 2. The minimum Gasteiger partial charge on any atom is -0.492 e. The number of hydrogen-bond donors (Lipinski definition) is 3. The van der Waals surface area contributed by atoms with Crippen LogP contribution in [0, 0.1) is 5.92 Å². The quantitative estimate of drug-likeness (QED) is 0.559. The highest BCUT2D eigenvalue weighted by atomic mass is 32.2. The number of hydrogen-bond acceptors (Lipinski definition) is 7. The Labute approximate surface area is 193 Å². The fourth-order valence-corrected chi connectivity index (χ4v) is 4.85. The molecule has 0 unspecified atom stereocenters. The fourth-order valence-electron chi connectivity index (χ4n) is 4.01. The molecular formula is C22H28N6O4S. The fraction of sp³-hybridized carbons (Fsp3) is 0.409. The first-order valence-electron chi connectivity index (χ1n) is 11.0. The van der Waals surface area contributed by atoms with Crippen LogP contribution in [-0.4, -0.2) is 51.4 Å². The molecule has 3 heterocycles. The number of ether oxygens (including phenoxy) is 1. The number of pyridine rings is 1. The minimum absolute atomic E-state index is 0.0908. The van der Waals surface area contributed by atoms with Gasteiger partial charge in [0.15, 0.2) is 5.84 Å². The maximum atomic E-state index is 12.3. The van der Waals surface area contributed by atoms with Crippen molar-refractivity contribution in [3.8, 4) is 5.75 Å². The van der Waals surface area contributed by atoms with Crippen LogP contribution >= 0.6 is 0 Å². The zero-order valence-corrected chi connectivity index (χ0v) is 19.3. The summed E-state index contributed by atoms with van der Waals surface area (Å²) in [5, 5.41) is 2.86. The molecule has 176 valence electrons. The number of carbonyl (C=O) groups is 1. The predicted octanol–water partition coefficient (Wildman–Crippen LogP) is 1.89. The Hall–Kier alpha value is -3.34. The van der Waals surface area contributed by atoms with Gasteiger partial charge in [0.2, 0.25) is 0 Å². The van der Waals surface area contributed by atoms with Gasteiger partial charge in [-0.25, -0.2) is 4.98 Å². The Balaban J connectivity index is 1.43. The van der Waals surface area contributed by atoms with E-state index in [1.165, 1.54) is 0 Å². The lowest BCUT2D eigenvalue weighted by Gasteiger charge is -2.33. The van der Waals surface area contributed by atoms with Gasteiger partial charge in [-0.2, -0.15) is 8.42 Å². The normalized spacial score (nSPS) is 19.1. The van der Waals surface area contributed by atoms with Gasteiger partial charge >= 0.3 is 10.2 Å². The van der Waals surface area contributed by atoms with E-state index in [1.54, 1.807) is 24.3 Å². The SMILES string of the molecule is CCCNC(=O)c1cccc(N2CCC[C@H](COc3cccc4c3C(N)=NS(=O)(=O)N4)C2)n1. The molecule has 1 aromatic carbocycles. The topological polar surface area (TPSA) is 139 Å². The van der Waals surface area contributed by atoms with Gasteiger partial charge in [0.05, 0.1) is 17.9 Å². The van der Waals surface area contributed by atoms with Crippen LogP contribution in [0.5, 0.6) is 5.75 Å². The lowest BCUT2D eigenvalue weighted by atomic mass is 9.99. The van der Waals surface area contributed by atoms with Crippen LogP contribution in [0.4, 0.5) is 11.5 Å². The largest absolute Gasteiger partial charge is 0.492 e. The van der Waals surface area contributed by atoms with E-state index in [9.17, 15) is 13.2 Å². The summed E-state index contributed by atoms with van der Waals surface area (Å²) in [7, 11) is -3.84. The maximum absolute atomic E-state index is 12.3. The van der Waals surface area contributed by atoms with Crippen molar-refractivity contribution < 1.29 is 17.9 Å². The summed E-state index contributed by atoms with van der Waals surface area (Å²) in [5.41, 5.74) is 7.12. The molecule has 2 aliphatic rings. The highest BCUT2D eigenvalue weighted by Crippen LogP contribution is 2.31. The average Bonchev–Trinajstić information content (AvgIpc) is 2.80. The van der Waals surface area contributed by atoms with Gasteiger partial charge in [-0.3, -0.25) is 9.52 Å². The molecule has 0 spiro atoms. The van der Waals surface area contributed by atoms with E-state index in [0.29, 0.717) is 35.8 Å². The zero-order chi connectivity index (χ0) is 23.4. The molecule has 2 aliphatic heterocycles. The molecule has 2 aromatic rings. The van der Waals surface area contributed by atoms with Crippen LogP contribution in [-0.2, 0) is 10.2 Å². The summed E-state index contributed by atoms with van der Waals surface area (Å²) in [4.78, 5) is 19.0. The second-order valence-corrected chi connectivity index (χ2v) is 9.47. The molecule has 4 N–H and O–H groups in total. The van der Waals surface area contributed by atoms with Crippen molar-refractivity contribution in [1.82, 2.24) is 10.3 Å². The van der Waals surface area contributed by atoms with E-state index in [4.69, 9.17) is 10.5 Å². The molecule has 4 rings (SSSR count). The van der Waals surface area contributed by atoms with E-state index in [1.807, 2.05) is 19.1 Å². The predicted molar refractivity (Wildman–Crippen MR) is 127 cm³/mol. The smallest absolute Gasteiger partial charge is 0.344 e. The zero-order valence-electron chi connectivity index (χ0n) is 18.5. The highest BCUT2D eigenvalue weighted by molar-refractivity contribution is 7.91. The Kier molecular flexibility index (Phi) is 6.68. The molecule has 1 amide bonds. The first-order chi connectivity index (χ1) is 15.9. The number of carbonyl (C=O) groups excluding carboxylic acids is 1. The summed E-state index contributed by atoms with van der Waals surface area (Å²) >= 11 is 0. The molecule has 1 fully saturated rings. The Bertz CT molecular complexity index is 1170. The number of aromatic nitrogens is 1. The van der Waals surface area contributed by atoms with E-state index in [0.717, 1.165) is 38.2 Å². The summed E-state index contributed by atoms with van der Waals surface area (Å²) < 4.78 is 35.5. The molecule has 33 heavy (non-hydrogen) atoms. The number of fused-ring (bicyclic) bond motifs is 1. The van der Waals surface area contributed by atoms with Crippen LogP contribution in [0.3, 0.4) is 0 Å². The molecule has 1 saturated heterocycles. The van der Waals surface area contributed by atoms with Crippen molar-refractivity contribution in [2.45, 2.75) is 26.2 Å². The van der Waals surface area contributed by atoms with E-state index in [2.05, 4.69) is 24.3 Å². The van der Waals surface area contributed by atoms with Crippen molar-refractivity contribution in [1.29, 1.82) is 0 Å². The van der Waals surface area contributed by atoms with Crippen molar-refractivity contribution in [2.24, 2.45) is 16.0 Å². The Morgan fingerprint density at radius 1 is 1.30 bits per heavy atom. The highest BCUT2D eigenvalue weighted by Gasteiger charge is 2.26. The lowest BCUT2D eigenvalue weighted by Crippen LogP contribution is -2.38. The van der Waals surface area contributed by atoms with Crippen LogP contribution in [0.25, 0.3) is 0 Å². The first-order valence-corrected chi connectivity index (χ1v) is 12.4. The monoisotopic (exact) mass is 472 g/mol. The number of nitrogens with zero attached hydrogens (tertiary/aromatic N) is 3. The minimum atomic E-state index is -3.84. The number of piperidine rings is 1. The van der Waals surface area contributed by atoms with Crippen molar-refractivity contribution in [2.75, 3.05) is 35.9 Å².